The van der Waals surface area contributed by atoms with Crippen LogP contribution in [0.1, 0.15) is 30.9 Å². The number of benzene rings is 1. The average molecular weight is 247 g/mol. The van der Waals surface area contributed by atoms with E-state index in [-0.39, 0.29) is 17.8 Å². The first-order valence-electron chi connectivity index (χ1n) is 6.72. The topological polar surface area (TPSA) is 38.3 Å². The predicted octanol–water partition coefficient (Wildman–Crippen LogP) is 2.12. The van der Waals surface area contributed by atoms with Crippen molar-refractivity contribution < 1.29 is 9.53 Å². The van der Waals surface area contributed by atoms with E-state index in [4.69, 9.17) is 4.74 Å². The Morgan fingerprint density at radius 1 is 1.28 bits per heavy atom. The molecule has 3 nitrogen and oxygen atoms in total. The van der Waals surface area contributed by atoms with Gasteiger partial charge in [-0.05, 0) is 24.5 Å². The van der Waals surface area contributed by atoms with E-state index in [0.717, 1.165) is 19.5 Å². The summed E-state index contributed by atoms with van der Waals surface area (Å²) in [6.45, 7) is 6.03. The van der Waals surface area contributed by atoms with Crippen LogP contribution in [0.15, 0.2) is 24.3 Å². The maximum absolute atomic E-state index is 11.9. The number of hydrogen-bond donors (Lipinski definition) is 1. The molecule has 0 aliphatic carbocycles. The Labute approximate surface area is 109 Å². The van der Waals surface area contributed by atoms with Gasteiger partial charge in [0.1, 0.15) is 0 Å². The molecule has 3 heteroatoms. The van der Waals surface area contributed by atoms with E-state index in [1.165, 1.54) is 11.1 Å². The molecule has 98 valence electrons. The van der Waals surface area contributed by atoms with Crippen LogP contribution in [0.4, 0.5) is 0 Å². The Balaban J connectivity index is 2.12. The van der Waals surface area contributed by atoms with Crippen molar-refractivity contribution in [1.82, 2.24) is 5.32 Å². The molecule has 0 bridgehead atoms. The largest absolute Gasteiger partial charge is 0.466 e. The highest BCUT2D eigenvalue weighted by Gasteiger charge is 2.34. The van der Waals surface area contributed by atoms with Crippen molar-refractivity contribution in [3.8, 4) is 0 Å². The molecule has 1 aromatic rings. The first kappa shape index (κ1) is 13.1. The predicted molar refractivity (Wildman–Crippen MR) is 71.6 cm³/mol. The zero-order valence-corrected chi connectivity index (χ0v) is 11.1. The van der Waals surface area contributed by atoms with Gasteiger partial charge in [-0.1, -0.05) is 31.2 Å². The van der Waals surface area contributed by atoms with E-state index < -0.39 is 0 Å². The minimum absolute atomic E-state index is 0.0440. The zero-order chi connectivity index (χ0) is 13.0. The Morgan fingerprint density at radius 3 is 2.61 bits per heavy atom. The number of aryl methyl sites for hydroxylation is 1. The van der Waals surface area contributed by atoms with Gasteiger partial charge in [0.25, 0.3) is 0 Å². The van der Waals surface area contributed by atoms with Crippen LogP contribution in [0.3, 0.4) is 0 Å². The molecule has 2 rings (SSSR count). The molecule has 0 unspecified atom stereocenters. The monoisotopic (exact) mass is 247 g/mol. The molecule has 1 saturated heterocycles. The maximum Gasteiger partial charge on any atom is 0.310 e. The summed E-state index contributed by atoms with van der Waals surface area (Å²) < 4.78 is 5.14. The number of ether oxygens (including phenoxy) is 1. The number of hydrogen-bond acceptors (Lipinski definition) is 3. The van der Waals surface area contributed by atoms with Crippen molar-refractivity contribution in [2.24, 2.45) is 5.92 Å². The molecule has 0 spiro atoms. The lowest BCUT2D eigenvalue weighted by atomic mass is 9.88. The third kappa shape index (κ3) is 2.72. The summed E-state index contributed by atoms with van der Waals surface area (Å²) in [6.07, 6.45) is 1.05. The molecule has 1 N–H and O–H groups in total. The average Bonchev–Trinajstić information content (AvgIpc) is 2.88. The van der Waals surface area contributed by atoms with Crippen LogP contribution in [0.2, 0.25) is 0 Å². The van der Waals surface area contributed by atoms with Crippen LogP contribution in [0.25, 0.3) is 0 Å². The SMILES string of the molecule is CCOC(=O)[C@@H]1CNC[C@H]1c1ccc(CC)cc1. The molecule has 0 aromatic heterocycles. The summed E-state index contributed by atoms with van der Waals surface area (Å²) >= 11 is 0. The standard InChI is InChI=1S/C15H21NO2/c1-3-11-5-7-12(8-6-11)13-9-16-10-14(13)15(17)18-4-2/h5-8,13-14,16H,3-4,9-10H2,1-2H3/t13-,14+/m0/s1. The number of nitrogens with one attached hydrogen (secondary N) is 1. The summed E-state index contributed by atoms with van der Waals surface area (Å²) in [7, 11) is 0. The number of rotatable bonds is 4. The van der Waals surface area contributed by atoms with Gasteiger partial charge in [-0.2, -0.15) is 0 Å². The third-order valence-electron chi connectivity index (χ3n) is 3.62. The van der Waals surface area contributed by atoms with Crippen LogP contribution in [-0.2, 0) is 16.0 Å². The highest BCUT2D eigenvalue weighted by atomic mass is 16.5. The minimum Gasteiger partial charge on any atom is -0.466 e. The third-order valence-corrected chi connectivity index (χ3v) is 3.62. The van der Waals surface area contributed by atoms with Gasteiger partial charge >= 0.3 is 5.97 Å². The lowest BCUT2D eigenvalue weighted by Gasteiger charge is -2.17. The molecule has 0 saturated carbocycles. The maximum atomic E-state index is 11.9. The lowest BCUT2D eigenvalue weighted by molar-refractivity contribution is -0.147. The molecular formula is C15H21NO2. The highest BCUT2D eigenvalue weighted by molar-refractivity contribution is 5.74. The highest BCUT2D eigenvalue weighted by Crippen LogP contribution is 2.29. The summed E-state index contributed by atoms with van der Waals surface area (Å²) in [6, 6.07) is 8.58. The second-order valence-corrected chi connectivity index (χ2v) is 4.72. The van der Waals surface area contributed by atoms with Crippen molar-refractivity contribution >= 4 is 5.97 Å². The van der Waals surface area contributed by atoms with Crippen molar-refractivity contribution in [2.45, 2.75) is 26.2 Å². The van der Waals surface area contributed by atoms with E-state index >= 15 is 0 Å². The number of carbonyl (C=O) groups excluding carboxylic acids is 1. The van der Waals surface area contributed by atoms with Crippen LogP contribution in [0, 0.1) is 5.92 Å². The molecule has 0 radical (unpaired) electrons. The molecule has 2 atom stereocenters. The second kappa shape index (κ2) is 6.01. The van der Waals surface area contributed by atoms with Gasteiger partial charge in [-0.15, -0.1) is 0 Å². The van der Waals surface area contributed by atoms with E-state index in [9.17, 15) is 4.79 Å². The molecule has 1 heterocycles. The fourth-order valence-electron chi connectivity index (χ4n) is 2.53. The van der Waals surface area contributed by atoms with Gasteiger partial charge in [0.2, 0.25) is 0 Å². The quantitative estimate of drug-likeness (QED) is 0.828. The van der Waals surface area contributed by atoms with E-state index in [1.54, 1.807) is 0 Å². The summed E-state index contributed by atoms with van der Waals surface area (Å²) in [4.78, 5) is 11.9. The molecule has 0 amide bonds. The first-order valence-corrected chi connectivity index (χ1v) is 6.72. The van der Waals surface area contributed by atoms with Crippen molar-refractivity contribution in [2.75, 3.05) is 19.7 Å². The van der Waals surface area contributed by atoms with Crippen molar-refractivity contribution in [3.05, 3.63) is 35.4 Å². The zero-order valence-electron chi connectivity index (χ0n) is 11.1. The van der Waals surface area contributed by atoms with Gasteiger partial charge in [0.05, 0.1) is 12.5 Å². The summed E-state index contributed by atoms with van der Waals surface area (Å²) in [5.74, 6) is 0.124. The van der Waals surface area contributed by atoms with Crippen molar-refractivity contribution in [1.29, 1.82) is 0 Å². The van der Waals surface area contributed by atoms with Gasteiger partial charge < -0.3 is 10.1 Å². The molecule has 1 aliphatic rings. The van der Waals surface area contributed by atoms with Crippen LogP contribution < -0.4 is 5.32 Å². The van der Waals surface area contributed by atoms with Crippen molar-refractivity contribution in [3.63, 3.8) is 0 Å². The second-order valence-electron chi connectivity index (χ2n) is 4.72. The summed E-state index contributed by atoms with van der Waals surface area (Å²) in [5.41, 5.74) is 2.56. The number of carbonyl (C=O) groups is 1. The van der Waals surface area contributed by atoms with Crippen LogP contribution >= 0.6 is 0 Å². The van der Waals surface area contributed by atoms with Crippen LogP contribution in [-0.4, -0.2) is 25.7 Å². The van der Waals surface area contributed by atoms with Gasteiger partial charge in [0.15, 0.2) is 0 Å². The fraction of sp³-hybridized carbons (Fsp3) is 0.533. The van der Waals surface area contributed by atoms with E-state index in [0.29, 0.717) is 6.61 Å². The summed E-state index contributed by atoms with van der Waals surface area (Å²) in [5, 5.41) is 3.29. The van der Waals surface area contributed by atoms with Crippen LogP contribution in [0.5, 0.6) is 0 Å². The van der Waals surface area contributed by atoms with Gasteiger partial charge in [-0.25, -0.2) is 0 Å². The Hall–Kier alpha value is -1.35. The Bertz CT molecular complexity index is 399. The van der Waals surface area contributed by atoms with Gasteiger partial charge in [-0.3, -0.25) is 4.79 Å². The normalized spacial score (nSPS) is 23.0. The molecule has 1 aliphatic heterocycles. The molecule has 1 aromatic carbocycles. The Kier molecular flexibility index (Phi) is 4.37. The smallest absolute Gasteiger partial charge is 0.310 e. The molecular weight excluding hydrogens is 226 g/mol. The minimum atomic E-state index is -0.0768. The first-order chi connectivity index (χ1) is 8.76. The number of esters is 1. The Morgan fingerprint density at radius 2 is 2.00 bits per heavy atom. The molecule has 1 fully saturated rings. The van der Waals surface area contributed by atoms with E-state index in [2.05, 4.69) is 36.5 Å². The lowest BCUT2D eigenvalue weighted by Crippen LogP contribution is -2.24. The van der Waals surface area contributed by atoms with Gasteiger partial charge in [0, 0.05) is 19.0 Å². The molecule has 18 heavy (non-hydrogen) atoms. The van der Waals surface area contributed by atoms with E-state index in [1.807, 2.05) is 6.92 Å². The fourth-order valence-corrected chi connectivity index (χ4v) is 2.53.